The van der Waals surface area contributed by atoms with Crippen molar-refractivity contribution in [3.63, 3.8) is 0 Å². The molecule has 1 aliphatic rings. The molecule has 2 atom stereocenters. The predicted octanol–water partition coefficient (Wildman–Crippen LogP) is 6.62. The Balaban J connectivity index is 1.66. The normalized spacial score (nSPS) is 18.7. The van der Waals surface area contributed by atoms with Crippen LogP contribution in [0.4, 0.5) is 8.78 Å². The van der Waals surface area contributed by atoms with Crippen LogP contribution in [0, 0.1) is 11.8 Å². The summed E-state index contributed by atoms with van der Waals surface area (Å²) in [5.41, 5.74) is 0.952. The molecule has 1 aliphatic carbocycles. The average Bonchev–Trinajstić information content (AvgIpc) is 3.16. The number of esters is 1. The summed E-state index contributed by atoms with van der Waals surface area (Å²) < 4.78 is 33.1. The average molecular weight is 463 g/mol. The molecular formula is C27H36F2O4. The van der Waals surface area contributed by atoms with Crippen molar-refractivity contribution in [2.45, 2.75) is 90.1 Å². The minimum absolute atomic E-state index is 0.0129. The number of ketones is 2. The van der Waals surface area contributed by atoms with Gasteiger partial charge in [0.1, 0.15) is 12.4 Å². The van der Waals surface area contributed by atoms with Crippen LogP contribution in [0.2, 0.25) is 0 Å². The molecule has 1 aromatic carbocycles. The maximum atomic E-state index is 13.9. The van der Waals surface area contributed by atoms with Crippen LogP contribution in [0.25, 0.3) is 0 Å². The predicted molar refractivity (Wildman–Crippen MR) is 124 cm³/mol. The number of halogens is 2. The van der Waals surface area contributed by atoms with Crippen LogP contribution < -0.4 is 0 Å². The van der Waals surface area contributed by atoms with Gasteiger partial charge >= 0.3 is 11.9 Å². The lowest BCUT2D eigenvalue weighted by Gasteiger charge is -2.19. The van der Waals surface area contributed by atoms with E-state index in [9.17, 15) is 23.2 Å². The standard InChI is InChI=1S/C27H36F2O4/c1-2-3-19-27(28,29)25(31)18-16-22-15-17-24(30)23(22)13-9-4-5-10-14-26(32)33-20-21-11-7-6-8-12-21/h4,6-9,11-12,22-23H,2-3,5,10,13-20H2,1H3/b9-4-/t22?,23-/m1/s1. The number of alkyl halides is 2. The highest BCUT2D eigenvalue weighted by Crippen LogP contribution is 2.36. The fraction of sp³-hybridized carbons (Fsp3) is 0.593. The van der Waals surface area contributed by atoms with E-state index in [1.165, 1.54) is 0 Å². The SMILES string of the molecule is CCCCC(F)(F)C(=O)CCC1CCC(=O)[C@@H]1C/C=C\CCCC(=O)OCc1ccccc1. The van der Waals surface area contributed by atoms with Crippen LogP contribution in [0.5, 0.6) is 0 Å². The van der Waals surface area contributed by atoms with Crippen molar-refractivity contribution in [2.75, 3.05) is 0 Å². The van der Waals surface area contributed by atoms with Crippen molar-refractivity contribution in [1.29, 1.82) is 0 Å². The van der Waals surface area contributed by atoms with Crippen molar-refractivity contribution in [1.82, 2.24) is 0 Å². The third-order valence-corrected chi connectivity index (χ3v) is 6.29. The minimum atomic E-state index is -3.25. The van der Waals surface area contributed by atoms with Crippen molar-refractivity contribution in [3.8, 4) is 0 Å². The maximum absolute atomic E-state index is 13.9. The first-order chi connectivity index (χ1) is 15.8. The highest BCUT2D eigenvalue weighted by atomic mass is 19.3. The molecule has 0 radical (unpaired) electrons. The first-order valence-corrected chi connectivity index (χ1v) is 12.1. The third-order valence-electron chi connectivity index (χ3n) is 6.29. The van der Waals surface area contributed by atoms with Gasteiger partial charge in [-0.3, -0.25) is 14.4 Å². The van der Waals surface area contributed by atoms with E-state index in [-0.39, 0.29) is 36.6 Å². The summed E-state index contributed by atoms with van der Waals surface area (Å²) >= 11 is 0. The van der Waals surface area contributed by atoms with Gasteiger partial charge in [-0.1, -0.05) is 55.8 Å². The molecule has 1 saturated carbocycles. The van der Waals surface area contributed by atoms with Crippen LogP contribution >= 0.6 is 0 Å². The van der Waals surface area contributed by atoms with Gasteiger partial charge in [-0.15, -0.1) is 0 Å². The Bertz CT molecular complexity index is 789. The first-order valence-electron chi connectivity index (χ1n) is 12.1. The largest absolute Gasteiger partial charge is 0.461 e. The van der Waals surface area contributed by atoms with Gasteiger partial charge in [0.15, 0.2) is 0 Å². The third kappa shape index (κ3) is 9.56. The zero-order chi connectivity index (χ0) is 24.1. The molecule has 1 unspecified atom stereocenters. The van der Waals surface area contributed by atoms with E-state index in [1.807, 2.05) is 49.4 Å². The number of ether oxygens (including phenoxy) is 1. The highest BCUT2D eigenvalue weighted by molar-refractivity contribution is 5.86. The second-order valence-electron chi connectivity index (χ2n) is 8.89. The van der Waals surface area contributed by atoms with Gasteiger partial charge in [0.05, 0.1) is 0 Å². The molecule has 33 heavy (non-hydrogen) atoms. The molecule has 0 heterocycles. The molecule has 0 aromatic heterocycles. The monoisotopic (exact) mass is 462 g/mol. The van der Waals surface area contributed by atoms with Crippen molar-refractivity contribution >= 4 is 17.5 Å². The Morgan fingerprint density at radius 1 is 1.12 bits per heavy atom. The molecule has 182 valence electrons. The van der Waals surface area contributed by atoms with Gasteiger partial charge in [0.25, 0.3) is 0 Å². The minimum Gasteiger partial charge on any atom is -0.461 e. The number of benzene rings is 1. The van der Waals surface area contributed by atoms with Crippen LogP contribution in [0.15, 0.2) is 42.5 Å². The number of hydrogen-bond donors (Lipinski definition) is 0. The lowest BCUT2D eigenvalue weighted by atomic mass is 9.87. The number of carbonyl (C=O) groups excluding carboxylic acids is 3. The number of hydrogen-bond acceptors (Lipinski definition) is 4. The second kappa shape index (κ2) is 14.0. The van der Waals surface area contributed by atoms with Gasteiger partial charge in [0.2, 0.25) is 5.78 Å². The van der Waals surface area contributed by atoms with Gasteiger partial charge in [-0.2, -0.15) is 8.78 Å². The topological polar surface area (TPSA) is 60.4 Å². The molecule has 1 fully saturated rings. The zero-order valence-electron chi connectivity index (χ0n) is 19.6. The molecule has 0 N–H and O–H groups in total. The molecule has 0 bridgehead atoms. The summed E-state index contributed by atoms with van der Waals surface area (Å²) in [5.74, 6) is -4.55. The Hall–Kier alpha value is -2.37. The number of Topliss-reactive ketones (excluding diaryl/α,β-unsaturated/α-hetero) is 2. The van der Waals surface area contributed by atoms with Gasteiger partial charge in [-0.05, 0) is 50.0 Å². The van der Waals surface area contributed by atoms with E-state index in [0.717, 1.165) is 5.56 Å². The highest BCUT2D eigenvalue weighted by Gasteiger charge is 2.39. The lowest BCUT2D eigenvalue weighted by Crippen LogP contribution is -2.29. The number of allylic oxidation sites excluding steroid dienone is 2. The van der Waals surface area contributed by atoms with Crippen molar-refractivity contribution < 1.29 is 27.9 Å². The van der Waals surface area contributed by atoms with E-state index in [0.29, 0.717) is 57.8 Å². The Labute approximate surface area is 195 Å². The fourth-order valence-electron chi connectivity index (χ4n) is 4.22. The van der Waals surface area contributed by atoms with Crippen LogP contribution in [-0.4, -0.2) is 23.5 Å². The summed E-state index contributed by atoms with van der Waals surface area (Å²) in [6.45, 7) is 2.09. The van der Waals surface area contributed by atoms with Crippen molar-refractivity contribution in [3.05, 3.63) is 48.0 Å². The fourth-order valence-corrected chi connectivity index (χ4v) is 4.22. The summed E-state index contributed by atoms with van der Waals surface area (Å²) in [6, 6.07) is 9.51. The maximum Gasteiger partial charge on any atom is 0.306 e. The molecule has 2 rings (SSSR count). The molecule has 1 aromatic rings. The van der Waals surface area contributed by atoms with E-state index < -0.39 is 18.1 Å². The van der Waals surface area contributed by atoms with Gasteiger partial charge in [-0.25, -0.2) is 0 Å². The molecular weight excluding hydrogens is 426 g/mol. The number of rotatable bonds is 15. The number of unbranched alkanes of at least 4 members (excludes halogenated alkanes) is 2. The molecule has 0 aliphatic heterocycles. The molecule has 6 heteroatoms. The number of carbonyl (C=O) groups is 3. The molecule has 4 nitrogen and oxygen atoms in total. The quantitative estimate of drug-likeness (QED) is 0.167. The Morgan fingerprint density at radius 3 is 2.61 bits per heavy atom. The zero-order valence-corrected chi connectivity index (χ0v) is 19.6. The van der Waals surface area contributed by atoms with E-state index in [1.54, 1.807) is 0 Å². The van der Waals surface area contributed by atoms with E-state index in [2.05, 4.69) is 0 Å². The molecule has 0 amide bonds. The Kier molecular flexibility index (Phi) is 11.4. The van der Waals surface area contributed by atoms with Gasteiger partial charge < -0.3 is 4.74 Å². The first kappa shape index (κ1) is 26.9. The summed E-state index contributed by atoms with van der Waals surface area (Å²) in [6.07, 6.45) is 8.01. The van der Waals surface area contributed by atoms with E-state index >= 15 is 0 Å². The van der Waals surface area contributed by atoms with Gasteiger partial charge in [0, 0.05) is 31.6 Å². The molecule has 0 spiro atoms. The van der Waals surface area contributed by atoms with Crippen LogP contribution in [0.3, 0.4) is 0 Å². The van der Waals surface area contributed by atoms with Crippen molar-refractivity contribution in [2.24, 2.45) is 11.8 Å². The lowest BCUT2D eigenvalue weighted by molar-refractivity contribution is -0.145. The second-order valence-corrected chi connectivity index (χ2v) is 8.89. The van der Waals surface area contributed by atoms with E-state index in [4.69, 9.17) is 4.74 Å². The Morgan fingerprint density at radius 2 is 1.88 bits per heavy atom. The summed E-state index contributed by atoms with van der Waals surface area (Å²) in [5, 5.41) is 0. The smallest absolute Gasteiger partial charge is 0.306 e. The summed E-state index contributed by atoms with van der Waals surface area (Å²) in [4.78, 5) is 36.0. The van der Waals surface area contributed by atoms with Crippen LogP contribution in [0.1, 0.15) is 83.1 Å². The van der Waals surface area contributed by atoms with Crippen LogP contribution in [-0.2, 0) is 25.7 Å². The molecule has 0 saturated heterocycles. The summed E-state index contributed by atoms with van der Waals surface area (Å²) in [7, 11) is 0.